The van der Waals surface area contributed by atoms with Crippen molar-refractivity contribution in [2.45, 2.75) is 135 Å². The lowest BCUT2D eigenvalue weighted by Crippen LogP contribution is -2.35. The molecule has 4 rings (SSSR count). The van der Waals surface area contributed by atoms with Crippen LogP contribution in [0.5, 0.6) is 0 Å². The van der Waals surface area contributed by atoms with Gasteiger partial charge in [-0.3, -0.25) is 0 Å². The molecule has 0 bridgehead atoms. The zero-order valence-corrected chi connectivity index (χ0v) is 22.0. The molecule has 196 valence electrons. The van der Waals surface area contributed by atoms with Crippen LogP contribution in [0.2, 0.25) is 0 Å². The first-order chi connectivity index (χ1) is 16.6. The normalized spacial score (nSPS) is 39.5. The van der Waals surface area contributed by atoms with E-state index in [1.54, 1.807) is 0 Å². The van der Waals surface area contributed by atoms with E-state index < -0.39 is 6.08 Å². The Morgan fingerprint density at radius 1 is 0.647 bits per heavy atom. The van der Waals surface area contributed by atoms with Crippen LogP contribution in [0.3, 0.4) is 0 Å². The maximum absolute atomic E-state index is 12.2. The Morgan fingerprint density at radius 2 is 1.15 bits per heavy atom. The van der Waals surface area contributed by atoms with Crippen molar-refractivity contribution in [1.29, 1.82) is 0 Å². The van der Waals surface area contributed by atoms with E-state index >= 15 is 0 Å². The Hall–Kier alpha value is -0.440. The third kappa shape index (κ3) is 7.78. The van der Waals surface area contributed by atoms with Crippen molar-refractivity contribution >= 4 is 0 Å². The molecule has 3 aliphatic carbocycles. The van der Waals surface area contributed by atoms with Crippen LogP contribution in [0.25, 0.3) is 0 Å². The quantitative estimate of drug-likeness (QED) is 0.320. The molecule has 0 spiro atoms. The van der Waals surface area contributed by atoms with Gasteiger partial charge in [0.1, 0.15) is 0 Å². The minimum absolute atomic E-state index is 0.439. The largest absolute Gasteiger partial charge is 0.378 e. The summed E-state index contributed by atoms with van der Waals surface area (Å²) in [6.07, 6.45) is 25.6. The van der Waals surface area contributed by atoms with Crippen molar-refractivity contribution in [2.75, 3.05) is 6.61 Å². The first-order valence-corrected chi connectivity index (χ1v) is 15.2. The highest BCUT2D eigenvalue weighted by atomic mass is 19.3. The molecule has 0 aromatic carbocycles. The Bertz CT molecular complexity index is 583. The van der Waals surface area contributed by atoms with Gasteiger partial charge in [-0.25, -0.2) is 0 Å². The van der Waals surface area contributed by atoms with Gasteiger partial charge in [0.25, 0.3) is 6.08 Å². The summed E-state index contributed by atoms with van der Waals surface area (Å²) in [6.45, 7) is 3.12. The molecule has 0 amide bonds. The topological polar surface area (TPSA) is 9.23 Å². The number of halogens is 2. The zero-order valence-electron chi connectivity index (χ0n) is 22.0. The van der Waals surface area contributed by atoms with Gasteiger partial charge in [0, 0.05) is 6.61 Å². The summed E-state index contributed by atoms with van der Waals surface area (Å²) in [5, 5.41) is 0. The summed E-state index contributed by atoms with van der Waals surface area (Å²) in [7, 11) is 0. The molecule has 3 saturated carbocycles. The fraction of sp³-hybridized carbons (Fsp3) is 0.935. The smallest absolute Gasteiger partial charge is 0.266 e. The Labute approximate surface area is 208 Å². The highest BCUT2D eigenvalue weighted by molar-refractivity contribution is 4.88. The SMILES string of the molecule is CCCCC1CCC(C2CCC(C3CCC(C4CCC(CCC=C(F)F)CO4)CC3)CC2)CC1. The molecule has 1 saturated heterocycles. The highest BCUT2D eigenvalue weighted by Gasteiger charge is 2.37. The molecule has 0 radical (unpaired) electrons. The molecule has 4 aliphatic rings. The van der Waals surface area contributed by atoms with Gasteiger partial charge in [0.05, 0.1) is 6.10 Å². The van der Waals surface area contributed by atoms with Crippen LogP contribution < -0.4 is 0 Å². The average Bonchev–Trinajstić information content (AvgIpc) is 2.88. The van der Waals surface area contributed by atoms with Crippen molar-refractivity contribution in [3.05, 3.63) is 12.2 Å². The summed E-state index contributed by atoms with van der Waals surface area (Å²) in [4.78, 5) is 0. The van der Waals surface area contributed by atoms with Crippen molar-refractivity contribution < 1.29 is 13.5 Å². The van der Waals surface area contributed by atoms with Gasteiger partial charge >= 0.3 is 0 Å². The van der Waals surface area contributed by atoms with Crippen LogP contribution >= 0.6 is 0 Å². The first kappa shape index (κ1) is 26.6. The number of hydrogen-bond donors (Lipinski definition) is 0. The van der Waals surface area contributed by atoms with Crippen LogP contribution in [-0.4, -0.2) is 12.7 Å². The summed E-state index contributed by atoms with van der Waals surface area (Å²) in [5.74, 6) is 6.34. The maximum atomic E-state index is 12.2. The molecule has 1 nitrogen and oxygen atoms in total. The summed E-state index contributed by atoms with van der Waals surface area (Å²) in [5.41, 5.74) is 0. The van der Waals surface area contributed by atoms with E-state index in [2.05, 4.69) is 6.92 Å². The predicted octanol–water partition coefficient (Wildman–Crippen LogP) is 9.95. The van der Waals surface area contributed by atoms with Crippen molar-refractivity contribution in [2.24, 2.45) is 41.4 Å². The van der Waals surface area contributed by atoms with Gasteiger partial charge in [-0.15, -0.1) is 0 Å². The van der Waals surface area contributed by atoms with E-state index in [9.17, 15) is 8.78 Å². The molecule has 1 aliphatic heterocycles. The van der Waals surface area contributed by atoms with Gasteiger partial charge in [-0.1, -0.05) is 39.0 Å². The lowest BCUT2D eigenvalue weighted by atomic mass is 9.64. The average molecular weight is 479 g/mol. The Balaban J connectivity index is 1.10. The van der Waals surface area contributed by atoms with Gasteiger partial charge in [0.2, 0.25) is 0 Å². The standard InChI is InChI=1S/C31H52F2O/c1-2-3-5-23-8-11-25(12-9-23)26-13-15-27(16-14-26)28-17-19-29(20-18-28)30-21-10-24(22-34-30)6-4-7-31(32)33/h7,23-30H,2-6,8-22H2,1H3. The van der Waals surface area contributed by atoms with E-state index in [4.69, 9.17) is 4.74 Å². The van der Waals surface area contributed by atoms with Crippen LogP contribution in [-0.2, 0) is 4.74 Å². The number of unbranched alkanes of at least 4 members (excludes halogenated alkanes) is 1. The number of rotatable bonds is 9. The molecule has 3 heteroatoms. The molecule has 4 fully saturated rings. The first-order valence-electron chi connectivity index (χ1n) is 15.2. The third-order valence-corrected chi connectivity index (χ3v) is 10.6. The van der Waals surface area contributed by atoms with E-state index in [0.717, 1.165) is 67.5 Å². The molecule has 2 unspecified atom stereocenters. The lowest BCUT2D eigenvalue weighted by Gasteiger charge is -2.43. The van der Waals surface area contributed by atoms with Crippen LogP contribution in [0, 0.1) is 41.4 Å². The van der Waals surface area contributed by atoms with Gasteiger partial charge in [-0.05, 0) is 137 Å². The predicted molar refractivity (Wildman–Crippen MR) is 138 cm³/mol. The second kappa shape index (κ2) is 13.8. The molecular weight excluding hydrogens is 426 g/mol. The molecule has 34 heavy (non-hydrogen) atoms. The number of ether oxygens (including phenoxy) is 1. The van der Waals surface area contributed by atoms with Gasteiger partial charge in [0.15, 0.2) is 0 Å². The Kier molecular flexibility index (Phi) is 10.8. The summed E-state index contributed by atoms with van der Waals surface area (Å²) >= 11 is 0. The van der Waals surface area contributed by atoms with Crippen LogP contribution in [0.4, 0.5) is 8.78 Å². The van der Waals surface area contributed by atoms with Crippen molar-refractivity contribution in [1.82, 2.24) is 0 Å². The minimum Gasteiger partial charge on any atom is -0.378 e. The molecule has 0 aromatic heterocycles. The minimum atomic E-state index is -1.54. The number of hydrogen-bond acceptors (Lipinski definition) is 1. The molecule has 0 aromatic rings. The van der Waals surface area contributed by atoms with E-state index in [0.29, 0.717) is 18.4 Å². The lowest BCUT2D eigenvalue weighted by molar-refractivity contribution is -0.0618. The van der Waals surface area contributed by atoms with E-state index in [1.807, 2.05) is 0 Å². The molecule has 2 atom stereocenters. The summed E-state index contributed by atoms with van der Waals surface area (Å²) < 4.78 is 30.8. The molecule has 1 heterocycles. The van der Waals surface area contributed by atoms with E-state index in [1.165, 1.54) is 96.3 Å². The zero-order chi connectivity index (χ0) is 23.8. The molecule has 0 N–H and O–H groups in total. The summed E-state index contributed by atoms with van der Waals surface area (Å²) in [6, 6.07) is 0. The Morgan fingerprint density at radius 3 is 1.62 bits per heavy atom. The second-order valence-electron chi connectivity index (χ2n) is 12.7. The molecular formula is C31H52F2O. The van der Waals surface area contributed by atoms with Crippen LogP contribution in [0.15, 0.2) is 12.2 Å². The van der Waals surface area contributed by atoms with Crippen molar-refractivity contribution in [3.63, 3.8) is 0 Å². The van der Waals surface area contributed by atoms with Gasteiger partial charge in [-0.2, -0.15) is 8.78 Å². The monoisotopic (exact) mass is 478 g/mol. The fourth-order valence-electron chi connectivity index (χ4n) is 8.37. The van der Waals surface area contributed by atoms with Gasteiger partial charge < -0.3 is 4.74 Å². The maximum Gasteiger partial charge on any atom is 0.266 e. The highest BCUT2D eigenvalue weighted by Crippen LogP contribution is 2.47. The fourth-order valence-corrected chi connectivity index (χ4v) is 8.37. The second-order valence-corrected chi connectivity index (χ2v) is 12.7. The number of allylic oxidation sites excluding steroid dienone is 1. The van der Waals surface area contributed by atoms with Crippen LogP contribution in [0.1, 0.15) is 129 Å². The third-order valence-electron chi connectivity index (χ3n) is 10.6. The van der Waals surface area contributed by atoms with E-state index in [-0.39, 0.29) is 0 Å². The van der Waals surface area contributed by atoms with Crippen molar-refractivity contribution in [3.8, 4) is 0 Å².